The first-order valence-electron chi connectivity index (χ1n) is 6.02. The van der Waals surface area contributed by atoms with Crippen molar-refractivity contribution < 1.29 is 22.7 Å². The molecule has 0 fully saturated rings. The lowest BCUT2D eigenvalue weighted by Gasteiger charge is -2.08. The average Bonchev–Trinajstić information content (AvgIpc) is 2.63. The monoisotopic (exact) mass is 302 g/mol. The van der Waals surface area contributed by atoms with Gasteiger partial charge in [-0.25, -0.2) is 0 Å². The smallest absolute Gasteiger partial charge is 0.415 e. The van der Waals surface area contributed by atoms with E-state index in [1.54, 1.807) is 0 Å². The van der Waals surface area contributed by atoms with Gasteiger partial charge in [-0.1, -0.05) is 31.3 Å². The summed E-state index contributed by atoms with van der Waals surface area (Å²) in [5.74, 6) is -0.427. The van der Waals surface area contributed by atoms with Crippen LogP contribution in [0.1, 0.15) is 37.8 Å². The molecular weight excluding hydrogens is 289 g/mol. The highest BCUT2D eigenvalue weighted by Crippen LogP contribution is 2.43. The number of benzene rings is 1. The fourth-order valence-electron chi connectivity index (χ4n) is 2.02. The third-order valence-electron chi connectivity index (χ3n) is 2.84. The Balaban J connectivity index is 2.64. The van der Waals surface area contributed by atoms with Crippen LogP contribution in [0.15, 0.2) is 18.2 Å². The molecule has 0 aliphatic rings. The van der Waals surface area contributed by atoms with E-state index in [1.165, 1.54) is 13.0 Å². The highest BCUT2D eigenvalue weighted by molar-refractivity contribution is 7.21. The highest BCUT2D eigenvalue weighted by atomic mass is 32.1. The number of fused-ring (bicyclic) bond motifs is 1. The zero-order valence-electron chi connectivity index (χ0n) is 11.2. The zero-order chi connectivity index (χ0) is 15.1. The van der Waals surface area contributed by atoms with Crippen LogP contribution in [0, 0.1) is 0 Å². The van der Waals surface area contributed by atoms with E-state index in [4.69, 9.17) is 4.74 Å². The predicted octanol–water partition coefficient (Wildman–Crippen LogP) is 4.97. The van der Waals surface area contributed by atoms with Crippen molar-refractivity contribution in [3.8, 4) is 5.06 Å². The van der Waals surface area contributed by atoms with Gasteiger partial charge in [-0.05, 0) is 23.4 Å². The lowest BCUT2D eigenvalue weighted by atomic mass is 10.0. The van der Waals surface area contributed by atoms with Crippen LogP contribution < -0.4 is 4.74 Å². The van der Waals surface area contributed by atoms with E-state index in [2.05, 4.69) is 0 Å². The molecule has 0 spiro atoms. The molecule has 0 aliphatic heterocycles. The number of ether oxygens (including phenoxy) is 1. The lowest BCUT2D eigenvalue weighted by Crippen LogP contribution is -2.04. The molecule has 0 bridgehead atoms. The number of alkyl halides is 3. The second-order valence-electron chi connectivity index (χ2n) is 4.76. The summed E-state index contributed by atoms with van der Waals surface area (Å²) in [6.07, 6.45) is -4.38. The van der Waals surface area contributed by atoms with Gasteiger partial charge in [-0.15, -0.1) is 0 Å². The van der Waals surface area contributed by atoms with E-state index in [-0.39, 0.29) is 5.92 Å². The Kier molecular flexibility index (Phi) is 3.77. The first kappa shape index (κ1) is 14.8. The van der Waals surface area contributed by atoms with Crippen LogP contribution in [0.5, 0.6) is 5.06 Å². The molecule has 20 heavy (non-hydrogen) atoms. The summed E-state index contributed by atoms with van der Waals surface area (Å²) in [4.78, 5) is 11.1. The van der Waals surface area contributed by atoms with Crippen LogP contribution in [-0.4, -0.2) is 5.97 Å². The normalized spacial score (nSPS) is 12.2. The van der Waals surface area contributed by atoms with Crippen molar-refractivity contribution in [2.75, 3.05) is 0 Å². The van der Waals surface area contributed by atoms with Crippen molar-refractivity contribution in [1.82, 2.24) is 0 Å². The van der Waals surface area contributed by atoms with Gasteiger partial charge >= 0.3 is 12.1 Å². The highest BCUT2D eigenvalue weighted by Gasteiger charge is 2.31. The summed E-state index contributed by atoms with van der Waals surface area (Å²) in [7, 11) is 0. The van der Waals surface area contributed by atoms with Gasteiger partial charge in [-0.2, -0.15) is 13.2 Å². The summed E-state index contributed by atoms with van der Waals surface area (Å²) in [6, 6.07) is 3.59. The van der Waals surface area contributed by atoms with E-state index in [1.807, 2.05) is 13.8 Å². The number of esters is 1. The van der Waals surface area contributed by atoms with Crippen molar-refractivity contribution in [2.45, 2.75) is 32.9 Å². The molecule has 2 aromatic rings. The minimum Gasteiger partial charge on any atom is -0.415 e. The third kappa shape index (κ3) is 2.80. The van der Waals surface area contributed by atoms with E-state index in [0.29, 0.717) is 15.1 Å². The third-order valence-corrected chi connectivity index (χ3v) is 3.88. The largest absolute Gasteiger partial charge is 0.416 e. The molecule has 1 aromatic heterocycles. The molecule has 0 N–H and O–H groups in total. The molecule has 0 aliphatic carbocycles. The fraction of sp³-hybridized carbons (Fsp3) is 0.357. The second kappa shape index (κ2) is 5.09. The Morgan fingerprint density at radius 1 is 1.30 bits per heavy atom. The van der Waals surface area contributed by atoms with Crippen LogP contribution >= 0.6 is 11.3 Å². The molecule has 2 rings (SSSR count). The van der Waals surface area contributed by atoms with Crippen LogP contribution in [0.2, 0.25) is 0 Å². The molecule has 0 atom stereocenters. The number of halogens is 3. The molecule has 2 nitrogen and oxygen atoms in total. The van der Waals surface area contributed by atoms with Gasteiger partial charge in [0.15, 0.2) is 5.06 Å². The quantitative estimate of drug-likeness (QED) is 0.732. The molecule has 0 radical (unpaired) electrons. The van der Waals surface area contributed by atoms with Gasteiger partial charge in [0.1, 0.15) is 0 Å². The Labute approximate surface area is 118 Å². The van der Waals surface area contributed by atoms with Gasteiger partial charge in [0, 0.05) is 17.2 Å². The predicted molar refractivity (Wildman–Crippen MR) is 72.2 cm³/mol. The molecule has 0 saturated carbocycles. The number of carbonyl (C=O) groups excluding carboxylic acids is 1. The van der Waals surface area contributed by atoms with Gasteiger partial charge in [0.25, 0.3) is 0 Å². The summed E-state index contributed by atoms with van der Waals surface area (Å²) >= 11 is 1.07. The minimum atomic E-state index is -4.38. The topological polar surface area (TPSA) is 26.3 Å². The number of thiophene rings is 1. The summed E-state index contributed by atoms with van der Waals surface area (Å²) in [5.41, 5.74) is 0.0739. The van der Waals surface area contributed by atoms with Crippen molar-refractivity contribution in [1.29, 1.82) is 0 Å². The van der Waals surface area contributed by atoms with Crippen molar-refractivity contribution in [3.63, 3.8) is 0 Å². The average molecular weight is 302 g/mol. The number of carbonyl (C=O) groups is 1. The van der Waals surface area contributed by atoms with Crippen molar-refractivity contribution >= 4 is 27.4 Å². The van der Waals surface area contributed by atoms with E-state index < -0.39 is 17.7 Å². The first-order valence-corrected chi connectivity index (χ1v) is 6.84. The lowest BCUT2D eigenvalue weighted by molar-refractivity contribution is -0.137. The van der Waals surface area contributed by atoms with Gasteiger partial charge in [-0.3, -0.25) is 4.79 Å². The maximum atomic E-state index is 12.7. The SMILES string of the molecule is CC(=O)Oc1sc2cc(C(F)(F)F)ccc2c1C(C)C. The Hall–Kier alpha value is -1.56. The van der Waals surface area contributed by atoms with E-state index in [0.717, 1.165) is 29.0 Å². The summed E-state index contributed by atoms with van der Waals surface area (Å²) in [5, 5.41) is 1.08. The van der Waals surface area contributed by atoms with Crippen molar-refractivity contribution in [3.05, 3.63) is 29.3 Å². The van der Waals surface area contributed by atoms with Gasteiger partial charge in [0.05, 0.1) is 5.56 Å². The van der Waals surface area contributed by atoms with E-state index in [9.17, 15) is 18.0 Å². The summed E-state index contributed by atoms with van der Waals surface area (Å²) < 4.78 is 43.7. The summed E-state index contributed by atoms with van der Waals surface area (Å²) in [6.45, 7) is 5.09. The molecule has 6 heteroatoms. The molecule has 1 heterocycles. The maximum absolute atomic E-state index is 12.7. The second-order valence-corrected chi connectivity index (χ2v) is 5.77. The Bertz CT molecular complexity index is 656. The van der Waals surface area contributed by atoms with Crippen LogP contribution in [0.4, 0.5) is 13.2 Å². The molecule has 0 amide bonds. The Morgan fingerprint density at radius 3 is 2.45 bits per heavy atom. The molecule has 0 saturated heterocycles. The molecule has 1 aromatic carbocycles. The first-order chi connectivity index (χ1) is 9.20. The van der Waals surface area contributed by atoms with Crippen LogP contribution in [-0.2, 0) is 11.0 Å². The molecular formula is C14H13F3O2S. The van der Waals surface area contributed by atoms with Crippen molar-refractivity contribution in [2.24, 2.45) is 0 Å². The standard InChI is InChI=1S/C14H13F3O2S/c1-7(2)12-10-5-4-9(14(15,16)17)6-11(10)20-13(12)19-8(3)18/h4-7H,1-3H3. The van der Waals surface area contributed by atoms with E-state index >= 15 is 0 Å². The Morgan fingerprint density at radius 2 is 1.95 bits per heavy atom. The van der Waals surface area contributed by atoms with Crippen LogP contribution in [0.3, 0.4) is 0 Å². The van der Waals surface area contributed by atoms with Crippen LogP contribution in [0.25, 0.3) is 10.1 Å². The number of hydrogen-bond acceptors (Lipinski definition) is 3. The number of rotatable bonds is 2. The van der Waals surface area contributed by atoms with Gasteiger partial charge in [0.2, 0.25) is 0 Å². The number of hydrogen-bond donors (Lipinski definition) is 0. The molecule has 108 valence electrons. The fourth-order valence-corrected chi connectivity index (χ4v) is 3.31. The minimum absolute atomic E-state index is 0.0508. The molecule has 0 unspecified atom stereocenters. The van der Waals surface area contributed by atoms with Gasteiger partial charge < -0.3 is 4.74 Å². The zero-order valence-corrected chi connectivity index (χ0v) is 12.0. The maximum Gasteiger partial charge on any atom is 0.416 e.